The maximum Gasteiger partial charge on any atom is 0.241 e. The van der Waals surface area contributed by atoms with E-state index in [1.807, 2.05) is 44.2 Å². The number of carbonyl (C=O) groups is 1. The largest absolute Gasteiger partial charge is 0.368 e. The number of hydrogen-bond donors (Lipinski definition) is 1. The van der Waals surface area contributed by atoms with Crippen molar-refractivity contribution in [3.63, 3.8) is 0 Å². The van der Waals surface area contributed by atoms with Crippen molar-refractivity contribution >= 4 is 27.5 Å². The Morgan fingerprint density at radius 3 is 2.69 bits per heavy atom. The first-order chi connectivity index (χ1) is 12.4. The van der Waals surface area contributed by atoms with Crippen molar-refractivity contribution in [2.24, 2.45) is 0 Å². The van der Waals surface area contributed by atoms with Gasteiger partial charge in [-0.3, -0.25) is 9.69 Å². The zero-order valence-corrected chi connectivity index (χ0v) is 16.4. The molecule has 3 rings (SSSR count). The van der Waals surface area contributed by atoms with Crippen LogP contribution in [0.4, 0.5) is 10.1 Å². The topological polar surface area (TPSA) is 41.6 Å². The number of amides is 1. The van der Waals surface area contributed by atoms with Gasteiger partial charge in [-0.1, -0.05) is 46.3 Å². The standard InChI is InChI=1S/C20H22BrFN2O2/c1-13-11-24(12-19(26-13)15-6-4-3-5-7-15)14(2)20(25)23-18-9-8-16(21)10-17(18)22/h3-10,13-14,19H,11-12H2,1-2H3,(H,23,25). The predicted molar refractivity (Wildman–Crippen MR) is 103 cm³/mol. The number of benzene rings is 2. The second kappa shape index (κ2) is 8.29. The fourth-order valence-corrected chi connectivity index (χ4v) is 3.48. The number of hydrogen-bond acceptors (Lipinski definition) is 3. The lowest BCUT2D eigenvalue weighted by Crippen LogP contribution is -2.51. The zero-order valence-electron chi connectivity index (χ0n) is 14.8. The molecule has 0 bridgehead atoms. The summed E-state index contributed by atoms with van der Waals surface area (Å²) in [7, 11) is 0. The van der Waals surface area contributed by atoms with Crippen molar-refractivity contribution in [3.05, 3.63) is 64.4 Å². The summed E-state index contributed by atoms with van der Waals surface area (Å²) in [4.78, 5) is 14.7. The van der Waals surface area contributed by atoms with Crippen LogP contribution in [-0.4, -0.2) is 36.0 Å². The molecule has 26 heavy (non-hydrogen) atoms. The number of carbonyl (C=O) groups excluding carboxylic acids is 1. The van der Waals surface area contributed by atoms with Crippen LogP contribution in [0.1, 0.15) is 25.5 Å². The molecule has 1 aliphatic rings. The van der Waals surface area contributed by atoms with E-state index < -0.39 is 11.9 Å². The summed E-state index contributed by atoms with van der Waals surface area (Å²) in [6.07, 6.45) is -0.0757. The third-order valence-electron chi connectivity index (χ3n) is 4.58. The van der Waals surface area contributed by atoms with E-state index in [0.717, 1.165) is 5.56 Å². The summed E-state index contributed by atoms with van der Waals surface area (Å²) in [6.45, 7) is 5.11. The highest BCUT2D eigenvalue weighted by Crippen LogP contribution is 2.27. The molecule has 1 heterocycles. The highest BCUT2D eigenvalue weighted by Gasteiger charge is 2.32. The molecule has 0 aliphatic carbocycles. The predicted octanol–water partition coefficient (Wildman–Crippen LogP) is 4.38. The van der Waals surface area contributed by atoms with Gasteiger partial charge in [-0.2, -0.15) is 0 Å². The summed E-state index contributed by atoms with van der Waals surface area (Å²) in [6, 6.07) is 14.2. The Labute approximate surface area is 161 Å². The van der Waals surface area contributed by atoms with Gasteiger partial charge < -0.3 is 10.1 Å². The van der Waals surface area contributed by atoms with E-state index >= 15 is 0 Å². The monoisotopic (exact) mass is 420 g/mol. The van der Waals surface area contributed by atoms with Crippen molar-refractivity contribution in [3.8, 4) is 0 Å². The first-order valence-electron chi connectivity index (χ1n) is 8.64. The molecule has 138 valence electrons. The van der Waals surface area contributed by atoms with Gasteiger partial charge in [0.15, 0.2) is 0 Å². The minimum Gasteiger partial charge on any atom is -0.368 e. The van der Waals surface area contributed by atoms with Gasteiger partial charge in [0.2, 0.25) is 5.91 Å². The third kappa shape index (κ3) is 4.50. The zero-order chi connectivity index (χ0) is 18.7. The number of rotatable bonds is 4. The van der Waals surface area contributed by atoms with Crippen LogP contribution in [-0.2, 0) is 9.53 Å². The van der Waals surface area contributed by atoms with E-state index in [4.69, 9.17) is 4.74 Å². The average molecular weight is 421 g/mol. The summed E-state index contributed by atoms with van der Waals surface area (Å²) < 4.78 is 20.7. The van der Waals surface area contributed by atoms with Crippen molar-refractivity contribution in [1.29, 1.82) is 0 Å². The van der Waals surface area contributed by atoms with Crippen LogP contribution >= 0.6 is 15.9 Å². The first kappa shape index (κ1) is 19.0. The molecule has 0 radical (unpaired) electrons. The average Bonchev–Trinajstić information content (AvgIpc) is 2.63. The molecule has 1 aliphatic heterocycles. The smallest absolute Gasteiger partial charge is 0.241 e. The van der Waals surface area contributed by atoms with E-state index in [-0.39, 0.29) is 23.8 Å². The number of anilines is 1. The van der Waals surface area contributed by atoms with Gasteiger partial charge in [-0.25, -0.2) is 4.39 Å². The molecule has 2 aromatic rings. The Hall–Kier alpha value is -1.76. The van der Waals surface area contributed by atoms with E-state index in [9.17, 15) is 9.18 Å². The van der Waals surface area contributed by atoms with Gasteiger partial charge in [0, 0.05) is 17.6 Å². The lowest BCUT2D eigenvalue weighted by Gasteiger charge is -2.39. The van der Waals surface area contributed by atoms with Crippen LogP contribution in [0.15, 0.2) is 53.0 Å². The number of ether oxygens (including phenoxy) is 1. The van der Waals surface area contributed by atoms with Gasteiger partial charge >= 0.3 is 0 Å². The van der Waals surface area contributed by atoms with Crippen molar-refractivity contribution in [2.45, 2.75) is 32.1 Å². The van der Waals surface area contributed by atoms with Gasteiger partial charge in [0.05, 0.1) is 23.9 Å². The molecule has 0 aromatic heterocycles. The second-order valence-corrected chi connectivity index (χ2v) is 7.50. The molecule has 4 nitrogen and oxygen atoms in total. The molecule has 1 amide bonds. The fraction of sp³-hybridized carbons (Fsp3) is 0.350. The Kier molecular flexibility index (Phi) is 6.06. The normalized spacial score (nSPS) is 22.0. The van der Waals surface area contributed by atoms with Gasteiger partial charge in [-0.05, 0) is 37.6 Å². The van der Waals surface area contributed by atoms with Crippen LogP contribution in [0, 0.1) is 5.82 Å². The number of morpholine rings is 1. The summed E-state index contributed by atoms with van der Waals surface area (Å²) in [5, 5.41) is 2.69. The molecule has 1 fully saturated rings. The molecule has 0 spiro atoms. The minimum absolute atomic E-state index is 0.00798. The lowest BCUT2D eigenvalue weighted by molar-refractivity contribution is -0.128. The SMILES string of the molecule is CC1CN(C(C)C(=O)Nc2ccc(Br)cc2F)CC(c2ccccc2)O1. The Bertz CT molecular complexity index is 772. The van der Waals surface area contributed by atoms with Crippen LogP contribution < -0.4 is 5.32 Å². The third-order valence-corrected chi connectivity index (χ3v) is 5.07. The number of nitrogens with one attached hydrogen (secondary N) is 1. The molecule has 1 N–H and O–H groups in total. The van der Waals surface area contributed by atoms with Crippen molar-refractivity contribution in [2.75, 3.05) is 18.4 Å². The highest BCUT2D eigenvalue weighted by atomic mass is 79.9. The summed E-state index contributed by atoms with van der Waals surface area (Å²) in [5.74, 6) is -0.690. The van der Waals surface area contributed by atoms with E-state index in [2.05, 4.69) is 26.1 Å². The maximum atomic E-state index is 14.0. The minimum atomic E-state index is -0.461. The molecule has 0 saturated carbocycles. The Morgan fingerprint density at radius 1 is 1.27 bits per heavy atom. The van der Waals surface area contributed by atoms with Gasteiger partial charge in [-0.15, -0.1) is 0 Å². The van der Waals surface area contributed by atoms with Crippen molar-refractivity contribution < 1.29 is 13.9 Å². The number of halogens is 2. The molecule has 6 heteroatoms. The molecule has 3 unspecified atom stereocenters. The highest BCUT2D eigenvalue weighted by molar-refractivity contribution is 9.10. The van der Waals surface area contributed by atoms with Crippen LogP contribution in [0.5, 0.6) is 0 Å². The Balaban J connectivity index is 1.69. The van der Waals surface area contributed by atoms with Crippen LogP contribution in [0.3, 0.4) is 0 Å². The quantitative estimate of drug-likeness (QED) is 0.797. The molecule has 1 saturated heterocycles. The fourth-order valence-electron chi connectivity index (χ4n) is 3.15. The van der Waals surface area contributed by atoms with E-state index in [0.29, 0.717) is 17.6 Å². The molecular weight excluding hydrogens is 399 g/mol. The van der Waals surface area contributed by atoms with Crippen LogP contribution in [0.25, 0.3) is 0 Å². The molecular formula is C20H22BrFN2O2. The molecule has 2 aromatic carbocycles. The van der Waals surface area contributed by atoms with Crippen LogP contribution in [0.2, 0.25) is 0 Å². The van der Waals surface area contributed by atoms with Gasteiger partial charge in [0.25, 0.3) is 0 Å². The Morgan fingerprint density at radius 2 is 2.00 bits per heavy atom. The van der Waals surface area contributed by atoms with E-state index in [1.54, 1.807) is 12.1 Å². The number of nitrogens with zero attached hydrogens (tertiary/aromatic N) is 1. The van der Waals surface area contributed by atoms with E-state index in [1.165, 1.54) is 6.07 Å². The second-order valence-electron chi connectivity index (χ2n) is 6.59. The van der Waals surface area contributed by atoms with Crippen molar-refractivity contribution in [1.82, 2.24) is 4.90 Å². The molecule has 3 atom stereocenters. The summed E-state index contributed by atoms with van der Waals surface area (Å²) in [5.41, 5.74) is 1.28. The maximum absolute atomic E-state index is 14.0. The lowest BCUT2D eigenvalue weighted by atomic mass is 10.1. The summed E-state index contributed by atoms with van der Waals surface area (Å²) >= 11 is 3.21. The van der Waals surface area contributed by atoms with Gasteiger partial charge in [0.1, 0.15) is 5.82 Å². The first-order valence-corrected chi connectivity index (χ1v) is 9.43.